The van der Waals surface area contributed by atoms with Crippen LogP contribution in [0.5, 0.6) is 0 Å². The number of hydrogen-bond donors (Lipinski definition) is 0. The zero-order valence-corrected chi connectivity index (χ0v) is 14.3. The third-order valence-electron chi connectivity index (χ3n) is 3.57. The summed E-state index contributed by atoms with van der Waals surface area (Å²) >= 11 is 0. The predicted molar refractivity (Wildman–Crippen MR) is 91.8 cm³/mol. The fraction of sp³-hybridized carbons (Fsp3) is 0.684. The van der Waals surface area contributed by atoms with E-state index in [1.165, 1.54) is 38.9 Å². The molecule has 0 aliphatic heterocycles. The molecular weight excluding hydrogens is 276 g/mol. The van der Waals surface area contributed by atoms with E-state index >= 15 is 0 Å². The van der Waals surface area contributed by atoms with Crippen LogP contribution in [0.2, 0.25) is 0 Å². The van der Waals surface area contributed by atoms with Crippen LogP contribution in [-0.4, -0.2) is 18.9 Å². The number of methoxy groups -OCH3 is 1. The number of allylic oxidation sites excluding steroid dienone is 3. The number of Topliss-reactive ketones (excluding diaryl/α,β-unsaturated/α-hetero) is 1. The van der Waals surface area contributed by atoms with E-state index in [9.17, 15) is 9.59 Å². The van der Waals surface area contributed by atoms with Crippen molar-refractivity contribution in [3.05, 3.63) is 24.3 Å². The van der Waals surface area contributed by atoms with E-state index in [2.05, 4.69) is 17.7 Å². The second kappa shape index (κ2) is 16.0. The maximum atomic E-state index is 11.6. The summed E-state index contributed by atoms with van der Waals surface area (Å²) in [5.41, 5.74) is 0. The van der Waals surface area contributed by atoms with Gasteiger partial charge in [0.2, 0.25) is 0 Å². The number of esters is 1. The van der Waals surface area contributed by atoms with E-state index < -0.39 is 0 Å². The molecule has 126 valence electrons. The van der Waals surface area contributed by atoms with Crippen molar-refractivity contribution in [3.8, 4) is 0 Å². The van der Waals surface area contributed by atoms with Crippen LogP contribution in [0.4, 0.5) is 0 Å². The smallest absolute Gasteiger partial charge is 0.330 e. The first-order valence-electron chi connectivity index (χ1n) is 8.63. The molecule has 0 fully saturated rings. The maximum absolute atomic E-state index is 11.6. The number of carbonyl (C=O) groups is 2. The number of hydrogen-bond acceptors (Lipinski definition) is 3. The fourth-order valence-corrected chi connectivity index (χ4v) is 2.19. The third-order valence-corrected chi connectivity index (χ3v) is 3.57. The van der Waals surface area contributed by atoms with E-state index in [1.54, 1.807) is 6.08 Å². The Bertz CT molecular complexity index is 343. The van der Waals surface area contributed by atoms with Crippen LogP contribution in [0, 0.1) is 0 Å². The fourth-order valence-electron chi connectivity index (χ4n) is 2.19. The molecule has 0 radical (unpaired) electrons. The average Bonchev–Trinajstić information content (AvgIpc) is 2.52. The van der Waals surface area contributed by atoms with Gasteiger partial charge in [0, 0.05) is 18.9 Å². The molecule has 0 saturated heterocycles. The molecular formula is C19H32O3. The highest BCUT2D eigenvalue weighted by atomic mass is 16.5. The van der Waals surface area contributed by atoms with E-state index in [4.69, 9.17) is 0 Å². The van der Waals surface area contributed by atoms with Crippen LogP contribution in [0.3, 0.4) is 0 Å². The maximum Gasteiger partial charge on any atom is 0.330 e. The molecule has 0 aliphatic rings. The van der Waals surface area contributed by atoms with E-state index in [1.807, 2.05) is 6.08 Å². The van der Waals surface area contributed by atoms with Crippen LogP contribution < -0.4 is 0 Å². The lowest BCUT2D eigenvalue weighted by Crippen LogP contribution is -1.97. The van der Waals surface area contributed by atoms with E-state index in [0.717, 1.165) is 44.9 Å². The third kappa shape index (κ3) is 15.0. The Hall–Kier alpha value is -1.38. The Balaban J connectivity index is 3.33. The van der Waals surface area contributed by atoms with Crippen molar-refractivity contribution >= 4 is 11.8 Å². The highest BCUT2D eigenvalue weighted by Crippen LogP contribution is 2.10. The normalized spacial score (nSPS) is 11.4. The van der Waals surface area contributed by atoms with Gasteiger partial charge in [-0.1, -0.05) is 57.3 Å². The molecule has 0 aliphatic carbocycles. The second-order valence-electron chi connectivity index (χ2n) is 5.61. The van der Waals surface area contributed by atoms with Crippen molar-refractivity contribution in [2.24, 2.45) is 0 Å². The summed E-state index contributed by atoms with van der Waals surface area (Å²) in [5.74, 6) is 0.114. The van der Waals surface area contributed by atoms with Crippen molar-refractivity contribution in [1.82, 2.24) is 0 Å². The quantitative estimate of drug-likeness (QED) is 0.193. The van der Waals surface area contributed by atoms with Crippen LogP contribution in [0.25, 0.3) is 0 Å². The van der Waals surface area contributed by atoms with Gasteiger partial charge >= 0.3 is 5.97 Å². The first-order chi connectivity index (χ1) is 10.7. The lowest BCUT2D eigenvalue weighted by atomic mass is 10.0. The first kappa shape index (κ1) is 20.6. The van der Waals surface area contributed by atoms with Crippen molar-refractivity contribution in [1.29, 1.82) is 0 Å². The molecule has 0 heterocycles. The Labute approximate surface area is 135 Å². The van der Waals surface area contributed by atoms with Gasteiger partial charge in [-0.05, 0) is 25.7 Å². The van der Waals surface area contributed by atoms with Crippen molar-refractivity contribution in [2.75, 3.05) is 7.11 Å². The molecule has 0 aromatic carbocycles. The van der Waals surface area contributed by atoms with Crippen molar-refractivity contribution in [3.63, 3.8) is 0 Å². The molecule has 0 unspecified atom stereocenters. The highest BCUT2D eigenvalue weighted by Gasteiger charge is 2.00. The summed E-state index contributed by atoms with van der Waals surface area (Å²) in [4.78, 5) is 22.4. The minimum atomic E-state index is -0.325. The Morgan fingerprint density at radius 1 is 0.864 bits per heavy atom. The zero-order chi connectivity index (χ0) is 16.5. The molecule has 3 nitrogen and oxygen atoms in total. The summed E-state index contributed by atoms with van der Waals surface area (Å²) in [6, 6.07) is 0. The van der Waals surface area contributed by atoms with E-state index in [-0.39, 0.29) is 5.97 Å². The Morgan fingerprint density at radius 2 is 1.50 bits per heavy atom. The number of rotatable bonds is 14. The SMILES string of the molecule is CCCCCC(=O)CCCCCCCC=CC=CC(=O)OC. The minimum Gasteiger partial charge on any atom is -0.466 e. The molecule has 0 N–H and O–H groups in total. The van der Waals surface area contributed by atoms with E-state index in [0.29, 0.717) is 5.78 Å². The number of unbranched alkanes of at least 4 members (excludes halogenated alkanes) is 7. The largest absolute Gasteiger partial charge is 0.466 e. The lowest BCUT2D eigenvalue weighted by molar-refractivity contribution is -0.134. The highest BCUT2D eigenvalue weighted by molar-refractivity contribution is 5.82. The molecule has 0 aromatic heterocycles. The summed E-state index contributed by atoms with van der Waals surface area (Å²) in [7, 11) is 1.37. The first-order valence-corrected chi connectivity index (χ1v) is 8.63. The van der Waals surface area contributed by atoms with Gasteiger partial charge in [0.25, 0.3) is 0 Å². The number of ether oxygens (including phenoxy) is 1. The zero-order valence-electron chi connectivity index (χ0n) is 14.3. The van der Waals surface area contributed by atoms with Gasteiger partial charge in [0.05, 0.1) is 7.11 Å². The standard InChI is InChI=1S/C19H32O3/c1-3-4-12-15-18(20)16-13-10-8-6-5-7-9-11-14-17-19(21)22-2/h9,11,14,17H,3-8,10,12-13,15-16H2,1-2H3. The molecule has 0 aromatic rings. The second-order valence-corrected chi connectivity index (χ2v) is 5.61. The van der Waals surface area contributed by atoms with Gasteiger partial charge in [-0.15, -0.1) is 0 Å². The van der Waals surface area contributed by atoms with Gasteiger partial charge in [-0.3, -0.25) is 4.79 Å². The van der Waals surface area contributed by atoms with Gasteiger partial charge in [-0.25, -0.2) is 4.79 Å². The van der Waals surface area contributed by atoms with Gasteiger partial charge < -0.3 is 4.74 Å². The van der Waals surface area contributed by atoms with Gasteiger partial charge in [0.1, 0.15) is 5.78 Å². The summed E-state index contributed by atoms with van der Waals surface area (Å²) in [5, 5.41) is 0. The molecule has 0 bridgehead atoms. The molecule has 22 heavy (non-hydrogen) atoms. The molecule has 0 saturated carbocycles. The minimum absolute atomic E-state index is 0.325. The molecule has 0 atom stereocenters. The van der Waals surface area contributed by atoms with Crippen LogP contribution in [-0.2, 0) is 14.3 Å². The number of ketones is 1. The van der Waals surface area contributed by atoms with Crippen molar-refractivity contribution < 1.29 is 14.3 Å². The molecule has 3 heteroatoms. The molecule has 0 spiro atoms. The summed E-state index contributed by atoms with van der Waals surface area (Å²) < 4.78 is 4.49. The van der Waals surface area contributed by atoms with Crippen LogP contribution in [0.15, 0.2) is 24.3 Å². The summed E-state index contributed by atoms with van der Waals surface area (Å²) in [6.07, 6.45) is 18.8. The number of carbonyl (C=O) groups excluding carboxylic acids is 2. The summed E-state index contributed by atoms with van der Waals surface area (Å²) in [6.45, 7) is 2.16. The van der Waals surface area contributed by atoms with Crippen molar-refractivity contribution in [2.45, 2.75) is 77.6 Å². The molecule has 0 rings (SSSR count). The average molecular weight is 308 g/mol. The Morgan fingerprint density at radius 3 is 2.18 bits per heavy atom. The Kier molecular flexibility index (Phi) is 15.0. The predicted octanol–water partition coefficient (Wildman–Crippen LogP) is 5.15. The molecule has 0 amide bonds. The van der Waals surface area contributed by atoms with Gasteiger partial charge in [-0.2, -0.15) is 0 Å². The van der Waals surface area contributed by atoms with Crippen LogP contribution >= 0.6 is 0 Å². The van der Waals surface area contributed by atoms with Crippen LogP contribution in [0.1, 0.15) is 77.6 Å². The topological polar surface area (TPSA) is 43.4 Å². The lowest BCUT2D eigenvalue weighted by Gasteiger charge is -2.01. The van der Waals surface area contributed by atoms with Gasteiger partial charge in [0.15, 0.2) is 0 Å². The monoisotopic (exact) mass is 308 g/mol.